The van der Waals surface area contributed by atoms with Crippen molar-refractivity contribution in [3.63, 3.8) is 0 Å². The van der Waals surface area contributed by atoms with Gasteiger partial charge in [0.15, 0.2) is 0 Å². The van der Waals surface area contributed by atoms with Gasteiger partial charge in [0.25, 0.3) is 0 Å². The van der Waals surface area contributed by atoms with E-state index in [0.717, 1.165) is 12.5 Å². The van der Waals surface area contributed by atoms with E-state index in [1.165, 1.54) is 42.1 Å². The minimum Gasteiger partial charge on any atom is -0.347 e. The fourth-order valence-corrected chi connectivity index (χ4v) is 2.85. The van der Waals surface area contributed by atoms with Gasteiger partial charge in [-0.3, -0.25) is 0 Å². The number of hydrogen-bond donors (Lipinski definition) is 1. The molecule has 0 saturated heterocycles. The van der Waals surface area contributed by atoms with Crippen LogP contribution in [0.1, 0.15) is 45.1 Å². The van der Waals surface area contributed by atoms with E-state index in [0.29, 0.717) is 6.54 Å². The maximum Gasteiger partial charge on any atom is 0.0525 e. The zero-order valence-corrected chi connectivity index (χ0v) is 12.2. The van der Waals surface area contributed by atoms with Gasteiger partial charge in [-0.1, -0.05) is 51.3 Å². The normalized spacial score (nSPS) is 13.0. The van der Waals surface area contributed by atoms with Gasteiger partial charge in [0.1, 0.15) is 0 Å². The van der Waals surface area contributed by atoms with Gasteiger partial charge >= 0.3 is 0 Å². The minimum absolute atomic E-state index is 0.618. The third-order valence-electron chi connectivity index (χ3n) is 4.09. The van der Waals surface area contributed by atoms with Crippen molar-refractivity contribution in [3.05, 3.63) is 36.0 Å². The molecule has 1 atom stereocenters. The van der Waals surface area contributed by atoms with Crippen LogP contribution in [0.15, 0.2) is 30.5 Å². The summed E-state index contributed by atoms with van der Waals surface area (Å²) in [6.45, 7) is 6.31. The Hall–Kier alpha value is -1.28. The Kier molecular flexibility index (Phi) is 5.03. The van der Waals surface area contributed by atoms with Crippen molar-refractivity contribution in [1.82, 2.24) is 4.57 Å². The van der Waals surface area contributed by atoms with E-state index in [4.69, 9.17) is 5.73 Å². The van der Waals surface area contributed by atoms with E-state index >= 15 is 0 Å². The quantitative estimate of drug-likeness (QED) is 0.788. The Balaban J connectivity index is 2.24. The lowest BCUT2D eigenvalue weighted by atomic mass is 9.99. The molecule has 1 aromatic carbocycles. The van der Waals surface area contributed by atoms with E-state index in [1.54, 1.807) is 0 Å². The number of aromatic nitrogens is 1. The topological polar surface area (TPSA) is 30.9 Å². The Bertz CT molecular complexity index is 513. The maximum absolute atomic E-state index is 5.87. The summed E-state index contributed by atoms with van der Waals surface area (Å²) in [6.07, 6.45) is 7.43. The molecule has 2 heteroatoms. The van der Waals surface area contributed by atoms with Crippen molar-refractivity contribution < 1.29 is 0 Å². The summed E-state index contributed by atoms with van der Waals surface area (Å²) in [5.74, 6) is 0.779. The number of fused-ring (bicyclic) bond motifs is 1. The lowest BCUT2D eigenvalue weighted by Gasteiger charge is -2.17. The third-order valence-corrected chi connectivity index (χ3v) is 4.09. The van der Waals surface area contributed by atoms with Crippen LogP contribution in [0, 0.1) is 5.92 Å². The van der Waals surface area contributed by atoms with Crippen molar-refractivity contribution in [3.8, 4) is 0 Å². The molecule has 2 rings (SSSR count). The molecule has 1 heterocycles. The summed E-state index contributed by atoms with van der Waals surface area (Å²) in [6, 6.07) is 8.63. The molecule has 0 fully saturated rings. The number of para-hydroxylation sites is 1. The van der Waals surface area contributed by atoms with Crippen LogP contribution in [0.3, 0.4) is 0 Å². The second-order valence-electron chi connectivity index (χ2n) is 5.44. The molecule has 0 saturated carbocycles. The zero-order chi connectivity index (χ0) is 13.7. The second-order valence-corrected chi connectivity index (χ2v) is 5.44. The Labute approximate surface area is 116 Å². The van der Waals surface area contributed by atoms with E-state index in [-0.39, 0.29) is 0 Å². The predicted molar refractivity (Wildman–Crippen MR) is 83.1 cm³/mol. The van der Waals surface area contributed by atoms with Crippen LogP contribution in [-0.4, -0.2) is 4.57 Å². The first-order chi connectivity index (χ1) is 9.30. The molecule has 2 N–H and O–H groups in total. The third kappa shape index (κ3) is 3.19. The Morgan fingerprint density at radius 3 is 2.74 bits per heavy atom. The molecule has 104 valence electrons. The summed E-state index contributed by atoms with van der Waals surface area (Å²) in [5.41, 5.74) is 8.46. The zero-order valence-electron chi connectivity index (χ0n) is 12.2. The summed E-state index contributed by atoms with van der Waals surface area (Å²) in [7, 11) is 0. The average molecular weight is 258 g/mol. The molecule has 2 aromatic rings. The molecule has 0 radical (unpaired) electrons. The van der Waals surface area contributed by atoms with Crippen molar-refractivity contribution >= 4 is 10.9 Å². The van der Waals surface area contributed by atoms with E-state index in [1.807, 2.05) is 0 Å². The lowest BCUT2D eigenvalue weighted by molar-refractivity contribution is 0.396. The predicted octanol–water partition coefficient (Wildman–Crippen LogP) is 4.32. The van der Waals surface area contributed by atoms with Gasteiger partial charge in [0, 0.05) is 19.3 Å². The van der Waals surface area contributed by atoms with Crippen molar-refractivity contribution in [2.24, 2.45) is 11.7 Å². The molecule has 0 aliphatic heterocycles. The van der Waals surface area contributed by atoms with E-state index in [2.05, 4.69) is 48.9 Å². The Morgan fingerprint density at radius 1 is 1.21 bits per heavy atom. The molecule has 0 aliphatic carbocycles. The number of unbranched alkanes of at least 4 members (excludes halogenated alkanes) is 1. The van der Waals surface area contributed by atoms with Crippen LogP contribution >= 0.6 is 0 Å². The first-order valence-corrected chi connectivity index (χ1v) is 7.56. The number of hydrogen-bond acceptors (Lipinski definition) is 1. The molecule has 1 aromatic heterocycles. The van der Waals surface area contributed by atoms with Crippen LogP contribution < -0.4 is 5.73 Å². The van der Waals surface area contributed by atoms with Crippen LogP contribution in [0.5, 0.6) is 0 Å². The van der Waals surface area contributed by atoms with Gasteiger partial charge in [-0.05, 0) is 29.4 Å². The van der Waals surface area contributed by atoms with Gasteiger partial charge in [-0.2, -0.15) is 0 Å². The van der Waals surface area contributed by atoms with Crippen LogP contribution in [0.4, 0.5) is 0 Å². The van der Waals surface area contributed by atoms with E-state index in [9.17, 15) is 0 Å². The summed E-state index contributed by atoms with van der Waals surface area (Å²) >= 11 is 0. The lowest BCUT2D eigenvalue weighted by Crippen LogP contribution is -2.10. The van der Waals surface area contributed by atoms with Crippen LogP contribution in [0.2, 0.25) is 0 Å². The molecule has 0 bridgehead atoms. The van der Waals surface area contributed by atoms with Gasteiger partial charge in [-0.15, -0.1) is 0 Å². The maximum atomic E-state index is 5.87. The largest absolute Gasteiger partial charge is 0.347 e. The highest BCUT2D eigenvalue weighted by molar-refractivity contribution is 5.83. The molecular weight excluding hydrogens is 232 g/mol. The van der Waals surface area contributed by atoms with Crippen LogP contribution in [0.25, 0.3) is 10.9 Å². The summed E-state index contributed by atoms with van der Waals surface area (Å²) < 4.78 is 2.40. The van der Waals surface area contributed by atoms with Crippen molar-refractivity contribution in [2.75, 3.05) is 0 Å². The number of nitrogens with zero attached hydrogens (tertiary/aromatic N) is 1. The number of rotatable bonds is 7. The monoisotopic (exact) mass is 258 g/mol. The van der Waals surface area contributed by atoms with Crippen molar-refractivity contribution in [2.45, 2.75) is 52.6 Å². The number of benzene rings is 1. The van der Waals surface area contributed by atoms with Gasteiger partial charge in [0.2, 0.25) is 0 Å². The molecule has 0 aliphatic rings. The fourth-order valence-electron chi connectivity index (χ4n) is 2.85. The highest BCUT2D eigenvalue weighted by Crippen LogP contribution is 2.23. The second kappa shape index (κ2) is 6.76. The van der Waals surface area contributed by atoms with E-state index < -0.39 is 0 Å². The highest BCUT2D eigenvalue weighted by atomic mass is 15.0. The minimum atomic E-state index is 0.618. The molecule has 0 amide bonds. The summed E-state index contributed by atoms with van der Waals surface area (Å²) in [4.78, 5) is 0. The Morgan fingerprint density at radius 2 is 2.05 bits per heavy atom. The summed E-state index contributed by atoms with van der Waals surface area (Å²) in [5, 5.41) is 1.31. The fraction of sp³-hybridized carbons (Fsp3) is 0.529. The molecule has 19 heavy (non-hydrogen) atoms. The molecule has 0 spiro atoms. The first kappa shape index (κ1) is 14.1. The standard InChI is InChI=1S/C17H26N2/c1-3-5-7-14(4-2)13-19-11-10-15-8-6-9-16(12-18)17(15)19/h6,8-11,14H,3-5,7,12-13,18H2,1-2H3. The van der Waals surface area contributed by atoms with Gasteiger partial charge < -0.3 is 10.3 Å². The molecular formula is C17H26N2. The number of nitrogens with two attached hydrogens (primary N) is 1. The van der Waals surface area contributed by atoms with Gasteiger partial charge in [-0.25, -0.2) is 0 Å². The molecule has 1 unspecified atom stereocenters. The SMILES string of the molecule is CCCCC(CC)Cn1ccc2cccc(CN)c21. The average Bonchev–Trinajstić information content (AvgIpc) is 2.86. The highest BCUT2D eigenvalue weighted by Gasteiger charge is 2.10. The first-order valence-electron chi connectivity index (χ1n) is 7.56. The van der Waals surface area contributed by atoms with Crippen LogP contribution in [-0.2, 0) is 13.1 Å². The molecule has 2 nitrogen and oxygen atoms in total. The smallest absolute Gasteiger partial charge is 0.0525 e. The van der Waals surface area contributed by atoms with Crippen molar-refractivity contribution in [1.29, 1.82) is 0 Å². The van der Waals surface area contributed by atoms with Gasteiger partial charge in [0.05, 0.1) is 5.52 Å².